The lowest BCUT2D eigenvalue weighted by Gasteiger charge is -2.10. The molecule has 0 radical (unpaired) electrons. The molecule has 0 aliphatic carbocycles. The van der Waals surface area contributed by atoms with Crippen LogP contribution in [0.25, 0.3) is 10.9 Å². The van der Waals surface area contributed by atoms with Gasteiger partial charge in [-0.15, -0.1) is 24.0 Å². The number of rotatable bonds is 6. The Morgan fingerprint density at radius 1 is 1.19 bits per heavy atom. The van der Waals surface area contributed by atoms with Crippen LogP contribution in [-0.4, -0.2) is 22.0 Å². The van der Waals surface area contributed by atoms with Crippen LogP contribution in [0, 0.1) is 10.1 Å². The minimum absolute atomic E-state index is 0. The average molecular weight is 395 g/mol. The maximum Gasteiger partial charge on any atom is 0.270 e. The third-order valence-corrected chi connectivity index (χ3v) is 3.91. The van der Waals surface area contributed by atoms with Gasteiger partial charge in [-0.05, 0) is 23.8 Å². The molecule has 3 aromatic rings. The highest BCUT2D eigenvalue weighted by Crippen LogP contribution is 2.26. The number of non-ortho nitro benzene ring substituents is 1. The zero-order chi connectivity index (χ0) is 17.8. The fourth-order valence-corrected chi connectivity index (χ4v) is 2.52. The van der Waals surface area contributed by atoms with E-state index in [1.165, 1.54) is 12.1 Å². The summed E-state index contributed by atoms with van der Waals surface area (Å²) >= 11 is 5.86. The number of nitrogens with one attached hydrogen (secondary N) is 1. The molecule has 0 atom stereocenters. The van der Waals surface area contributed by atoms with Crippen LogP contribution in [0.5, 0.6) is 5.75 Å². The maximum atomic E-state index is 11.0. The Morgan fingerprint density at radius 2 is 1.92 bits per heavy atom. The van der Waals surface area contributed by atoms with Crippen LogP contribution in [-0.2, 0) is 12.4 Å². The molecule has 0 bridgehead atoms. The molecule has 0 aliphatic rings. The molecule has 1 aromatic heterocycles. The van der Waals surface area contributed by atoms with E-state index in [9.17, 15) is 10.1 Å². The fourth-order valence-electron chi connectivity index (χ4n) is 2.40. The first kappa shape index (κ1) is 19.7. The molecule has 9 heteroatoms. The van der Waals surface area contributed by atoms with Crippen molar-refractivity contribution < 1.29 is 9.66 Å². The second-order valence-corrected chi connectivity index (χ2v) is 5.55. The van der Waals surface area contributed by atoms with E-state index >= 15 is 0 Å². The Hall–Kier alpha value is -2.64. The second kappa shape index (κ2) is 8.64. The van der Waals surface area contributed by atoms with Gasteiger partial charge in [-0.25, -0.2) is 9.97 Å². The SMILES string of the molecule is COc1ccc(CNc2nc(CCl)nc3ccc([N+](=O)[O-])cc23)cc1.Cl. The van der Waals surface area contributed by atoms with E-state index in [2.05, 4.69) is 15.3 Å². The van der Waals surface area contributed by atoms with Gasteiger partial charge >= 0.3 is 0 Å². The zero-order valence-corrected chi connectivity index (χ0v) is 15.4. The van der Waals surface area contributed by atoms with Gasteiger partial charge in [0.15, 0.2) is 0 Å². The number of ether oxygens (including phenoxy) is 1. The van der Waals surface area contributed by atoms with Crippen molar-refractivity contribution in [3.8, 4) is 5.75 Å². The van der Waals surface area contributed by atoms with Gasteiger partial charge in [-0.2, -0.15) is 0 Å². The van der Waals surface area contributed by atoms with E-state index in [1.54, 1.807) is 13.2 Å². The van der Waals surface area contributed by atoms with Crippen LogP contribution in [0.1, 0.15) is 11.4 Å². The summed E-state index contributed by atoms with van der Waals surface area (Å²) in [6.07, 6.45) is 0. The van der Waals surface area contributed by atoms with Gasteiger partial charge < -0.3 is 10.1 Å². The quantitative estimate of drug-likeness (QED) is 0.380. The number of nitrogens with zero attached hydrogens (tertiary/aromatic N) is 3. The van der Waals surface area contributed by atoms with Gasteiger partial charge in [-0.3, -0.25) is 10.1 Å². The summed E-state index contributed by atoms with van der Waals surface area (Å²) in [7, 11) is 1.61. The number of nitro benzene ring substituents is 1. The van der Waals surface area contributed by atoms with Crippen molar-refractivity contribution in [1.82, 2.24) is 9.97 Å². The van der Waals surface area contributed by atoms with Crippen LogP contribution in [0.15, 0.2) is 42.5 Å². The number of benzene rings is 2. The van der Waals surface area contributed by atoms with Crippen LogP contribution in [0.4, 0.5) is 11.5 Å². The molecule has 136 valence electrons. The monoisotopic (exact) mass is 394 g/mol. The Balaban J connectivity index is 0.00000243. The van der Waals surface area contributed by atoms with E-state index in [4.69, 9.17) is 16.3 Å². The van der Waals surface area contributed by atoms with Crippen molar-refractivity contribution in [2.24, 2.45) is 0 Å². The molecular weight excluding hydrogens is 379 g/mol. The first-order valence-electron chi connectivity index (χ1n) is 7.48. The lowest BCUT2D eigenvalue weighted by molar-refractivity contribution is -0.384. The molecule has 1 N–H and O–H groups in total. The zero-order valence-electron chi connectivity index (χ0n) is 13.8. The molecular formula is C17H16Cl2N4O3. The first-order chi connectivity index (χ1) is 12.1. The normalized spacial score (nSPS) is 10.2. The molecule has 2 aromatic carbocycles. The number of halogens is 2. The maximum absolute atomic E-state index is 11.0. The molecule has 7 nitrogen and oxygen atoms in total. The molecule has 0 spiro atoms. The van der Waals surface area contributed by atoms with Crippen LogP contribution >= 0.6 is 24.0 Å². The van der Waals surface area contributed by atoms with Gasteiger partial charge in [0.1, 0.15) is 17.4 Å². The van der Waals surface area contributed by atoms with Crippen molar-refractivity contribution in [1.29, 1.82) is 0 Å². The second-order valence-electron chi connectivity index (χ2n) is 5.28. The summed E-state index contributed by atoms with van der Waals surface area (Å²) in [6.45, 7) is 0.501. The molecule has 0 amide bonds. The number of alkyl halides is 1. The molecule has 0 saturated carbocycles. The number of aromatic nitrogens is 2. The number of nitro groups is 1. The smallest absolute Gasteiger partial charge is 0.270 e. The van der Waals surface area contributed by atoms with E-state index in [0.29, 0.717) is 29.1 Å². The molecule has 0 fully saturated rings. The van der Waals surface area contributed by atoms with Crippen molar-refractivity contribution in [3.05, 3.63) is 64.0 Å². The van der Waals surface area contributed by atoms with Gasteiger partial charge in [0.05, 0.1) is 23.4 Å². The Kier molecular flexibility index (Phi) is 6.54. The topological polar surface area (TPSA) is 90.2 Å². The van der Waals surface area contributed by atoms with Gasteiger partial charge in [0, 0.05) is 24.1 Å². The highest BCUT2D eigenvalue weighted by molar-refractivity contribution is 6.16. The van der Waals surface area contributed by atoms with Gasteiger partial charge in [0.2, 0.25) is 0 Å². The summed E-state index contributed by atoms with van der Waals surface area (Å²) in [5, 5.41) is 14.8. The van der Waals surface area contributed by atoms with Crippen LogP contribution in [0.2, 0.25) is 0 Å². The fraction of sp³-hybridized carbons (Fsp3) is 0.176. The summed E-state index contributed by atoms with van der Waals surface area (Å²) in [5.41, 5.74) is 1.61. The standard InChI is InChI=1S/C17H15ClN4O3.ClH/c1-25-13-5-2-11(3-6-13)10-19-17-14-8-12(22(23)24)4-7-15(14)20-16(9-18)21-17;/h2-8H,9-10H2,1H3,(H,19,20,21);1H. The van der Waals surface area contributed by atoms with Crippen LogP contribution in [0.3, 0.4) is 0 Å². The predicted octanol–water partition coefficient (Wildman–Crippen LogP) is 4.32. The lowest BCUT2D eigenvalue weighted by atomic mass is 10.2. The molecule has 26 heavy (non-hydrogen) atoms. The number of methoxy groups -OCH3 is 1. The van der Waals surface area contributed by atoms with E-state index in [1.807, 2.05) is 24.3 Å². The van der Waals surface area contributed by atoms with Gasteiger partial charge in [-0.1, -0.05) is 12.1 Å². The largest absolute Gasteiger partial charge is 0.497 e. The number of anilines is 1. The molecule has 0 saturated heterocycles. The number of fused-ring (bicyclic) bond motifs is 1. The average Bonchev–Trinajstić information content (AvgIpc) is 2.65. The molecule has 3 rings (SSSR count). The number of hydrogen-bond donors (Lipinski definition) is 1. The number of hydrogen-bond acceptors (Lipinski definition) is 6. The van der Waals surface area contributed by atoms with E-state index in [0.717, 1.165) is 11.3 Å². The van der Waals surface area contributed by atoms with Gasteiger partial charge in [0.25, 0.3) is 5.69 Å². The first-order valence-corrected chi connectivity index (χ1v) is 8.02. The Morgan fingerprint density at radius 3 is 2.54 bits per heavy atom. The van der Waals surface area contributed by atoms with Crippen molar-refractivity contribution in [2.75, 3.05) is 12.4 Å². The van der Waals surface area contributed by atoms with E-state index in [-0.39, 0.29) is 24.0 Å². The lowest BCUT2D eigenvalue weighted by Crippen LogP contribution is -2.05. The molecule has 0 aliphatic heterocycles. The molecule has 0 unspecified atom stereocenters. The highest BCUT2D eigenvalue weighted by Gasteiger charge is 2.12. The van der Waals surface area contributed by atoms with Crippen molar-refractivity contribution in [3.63, 3.8) is 0 Å². The minimum Gasteiger partial charge on any atom is -0.497 e. The van der Waals surface area contributed by atoms with E-state index < -0.39 is 4.92 Å². The minimum atomic E-state index is -0.442. The van der Waals surface area contributed by atoms with Crippen LogP contribution < -0.4 is 10.1 Å². The summed E-state index contributed by atoms with van der Waals surface area (Å²) in [6, 6.07) is 12.1. The summed E-state index contributed by atoms with van der Waals surface area (Å²) < 4.78 is 5.14. The third kappa shape index (κ3) is 4.30. The van der Waals surface area contributed by atoms with Crippen molar-refractivity contribution >= 4 is 46.4 Å². The predicted molar refractivity (Wildman–Crippen MR) is 103 cm³/mol. The third-order valence-electron chi connectivity index (χ3n) is 3.67. The Labute approximate surface area is 160 Å². The van der Waals surface area contributed by atoms with Crippen molar-refractivity contribution in [2.45, 2.75) is 12.4 Å². The summed E-state index contributed by atoms with van der Waals surface area (Å²) in [4.78, 5) is 19.3. The summed E-state index contributed by atoms with van der Waals surface area (Å²) in [5.74, 6) is 1.90. The Bertz CT molecular complexity index is 920. The highest BCUT2D eigenvalue weighted by atomic mass is 35.5. The molecule has 1 heterocycles.